The van der Waals surface area contributed by atoms with E-state index in [9.17, 15) is 0 Å². The van der Waals surface area contributed by atoms with Crippen LogP contribution >= 0.6 is 0 Å². The van der Waals surface area contributed by atoms with Gasteiger partial charge in [-0.3, -0.25) is 0 Å². The van der Waals surface area contributed by atoms with Gasteiger partial charge >= 0.3 is 0 Å². The molecule has 5 heteroatoms. The van der Waals surface area contributed by atoms with Crippen LogP contribution in [0.3, 0.4) is 0 Å². The van der Waals surface area contributed by atoms with Crippen molar-refractivity contribution < 1.29 is 4.42 Å². The molecular formula is C54H36N4O. The van der Waals surface area contributed by atoms with Crippen molar-refractivity contribution in [1.29, 1.82) is 0 Å². The molecular weight excluding hydrogens is 721 g/mol. The summed E-state index contributed by atoms with van der Waals surface area (Å²) in [4.78, 5) is 15.6. The van der Waals surface area contributed by atoms with Crippen LogP contribution in [0, 0.1) is 0 Å². The maximum Gasteiger partial charge on any atom is 0.164 e. The minimum Gasteiger partial charge on any atom is -0.454 e. The number of fused-ring (bicyclic) bond motifs is 10. The molecule has 12 rings (SSSR count). The Morgan fingerprint density at radius 2 is 1.10 bits per heavy atom. The monoisotopic (exact) mass is 756 g/mol. The second-order valence-corrected chi connectivity index (χ2v) is 16.0. The summed E-state index contributed by atoms with van der Waals surface area (Å²) >= 11 is 0. The minimum atomic E-state index is -0.145. The summed E-state index contributed by atoms with van der Waals surface area (Å²) in [5, 5.41) is 4.39. The summed E-state index contributed by atoms with van der Waals surface area (Å²) < 4.78 is 9.43. The van der Waals surface area contributed by atoms with Crippen LogP contribution in [0.4, 0.5) is 0 Å². The molecule has 5 nitrogen and oxygen atoms in total. The van der Waals surface area contributed by atoms with Crippen LogP contribution in [0.1, 0.15) is 25.0 Å². The van der Waals surface area contributed by atoms with E-state index in [1.807, 2.05) is 30.3 Å². The lowest BCUT2D eigenvalue weighted by Gasteiger charge is -2.21. The lowest BCUT2D eigenvalue weighted by atomic mass is 9.82. The highest BCUT2D eigenvalue weighted by molar-refractivity contribution is 6.19. The van der Waals surface area contributed by atoms with Gasteiger partial charge in [-0.2, -0.15) is 0 Å². The Bertz CT molecular complexity index is 3470. The molecule has 1 aliphatic rings. The largest absolute Gasteiger partial charge is 0.454 e. The quantitative estimate of drug-likeness (QED) is 0.175. The molecule has 0 aliphatic heterocycles. The van der Waals surface area contributed by atoms with Crippen molar-refractivity contribution in [2.75, 3.05) is 0 Å². The normalized spacial score (nSPS) is 13.1. The molecule has 0 spiro atoms. The Hall–Kier alpha value is -7.63. The van der Waals surface area contributed by atoms with Gasteiger partial charge in [0.25, 0.3) is 0 Å². The summed E-state index contributed by atoms with van der Waals surface area (Å²) in [5.74, 6) is 1.80. The first-order valence-corrected chi connectivity index (χ1v) is 20.1. The van der Waals surface area contributed by atoms with Crippen LogP contribution in [0.25, 0.3) is 106 Å². The Morgan fingerprint density at radius 3 is 1.93 bits per heavy atom. The van der Waals surface area contributed by atoms with Crippen molar-refractivity contribution in [2.45, 2.75) is 19.3 Å². The third-order valence-corrected chi connectivity index (χ3v) is 12.3. The first-order valence-electron chi connectivity index (χ1n) is 20.1. The molecule has 0 N–H and O–H groups in total. The van der Waals surface area contributed by atoms with Gasteiger partial charge in [0.2, 0.25) is 0 Å². The molecule has 278 valence electrons. The molecule has 0 saturated carbocycles. The van der Waals surface area contributed by atoms with E-state index in [4.69, 9.17) is 19.4 Å². The molecule has 59 heavy (non-hydrogen) atoms. The highest BCUT2D eigenvalue weighted by atomic mass is 16.3. The zero-order valence-electron chi connectivity index (χ0n) is 32.5. The molecule has 0 bridgehead atoms. The summed E-state index contributed by atoms with van der Waals surface area (Å²) in [6, 6.07) is 63.9. The van der Waals surface area contributed by atoms with E-state index in [1.165, 1.54) is 38.5 Å². The average molecular weight is 757 g/mol. The third-order valence-electron chi connectivity index (χ3n) is 12.3. The first kappa shape index (κ1) is 33.5. The van der Waals surface area contributed by atoms with Gasteiger partial charge < -0.3 is 8.98 Å². The van der Waals surface area contributed by atoms with Crippen LogP contribution in [-0.4, -0.2) is 19.5 Å². The fraction of sp³-hybridized carbons (Fsp3) is 0.0556. The molecule has 0 radical (unpaired) electrons. The van der Waals surface area contributed by atoms with Crippen LogP contribution < -0.4 is 0 Å². The van der Waals surface area contributed by atoms with Crippen LogP contribution in [0.2, 0.25) is 0 Å². The van der Waals surface area contributed by atoms with Gasteiger partial charge in [-0.05, 0) is 58.1 Å². The van der Waals surface area contributed by atoms with Gasteiger partial charge in [0.1, 0.15) is 5.58 Å². The van der Waals surface area contributed by atoms with E-state index >= 15 is 0 Å². The van der Waals surface area contributed by atoms with Crippen LogP contribution in [0.15, 0.2) is 186 Å². The number of para-hydroxylation sites is 2. The molecule has 0 saturated heterocycles. The number of aromatic nitrogens is 4. The predicted molar refractivity (Wildman–Crippen MR) is 241 cm³/mol. The maximum absolute atomic E-state index is 7.00. The Balaban J connectivity index is 1.15. The van der Waals surface area contributed by atoms with E-state index in [0.717, 1.165) is 61.0 Å². The van der Waals surface area contributed by atoms with Crippen molar-refractivity contribution in [2.24, 2.45) is 0 Å². The van der Waals surface area contributed by atoms with E-state index in [1.54, 1.807) is 0 Å². The molecule has 3 aromatic heterocycles. The average Bonchev–Trinajstić information content (AvgIpc) is 3.93. The van der Waals surface area contributed by atoms with E-state index < -0.39 is 0 Å². The lowest BCUT2D eigenvalue weighted by molar-refractivity contribution is 0.660. The molecule has 1 aliphatic carbocycles. The minimum absolute atomic E-state index is 0.145. The zero-order valence-corrected chi connectivity index (χ0v) is 32.5. The molecule has 8 aromatic carbocycles. The van der Waals surface area contributed by atoms with Crippen LogP contribution in [-0.2, 0) is 5.41 Å². The number of rotatable bonds is 5. The molecule has 0 amide bonds. The maximum atomic E-state index is 7.00. The topological polar surface area (TPSA) is 56.7 Å². The van der Waals surface area contributed by atoms with Gasteiger partial charge in [0, 0.05) is 49.2 Å². The van der Waals surface area contributed by atoms with Crippen molar-refractivity contribution in [3.63, 3.8) is 0 Å². The molecule has 3 heterocycles. The third kappa shape index (κ3) is 5.01. The number of nitrogens with zero attached hydrogens (tertiary/aromatic N) is 4. The van der Waals surface area contributed by atoms with Crippen LogP contribution in [0.5, 0.6) is 0 Å². The Labute approximate surface area is 340 Å². The predicted octanol–water partition coefficient (Wildman–Crippen LogP) is 13.8. The zero-order chi connectivity index (χ0) is 39.2. The highest BCUT2D eigenvalue weighted by Crippen LogP contribution is 2.53. The number of benzene rings is 8. The lowest BCUT2D eigenvalue weighted by Crippen LogP contribution is -2.14. The summed E-state index contributed by atoms with van der Waals surface area (Å²) in [7, 11) is 0. The molecule has 0 fully saturated rings. The van der Waals surface area contributed by atoms with Gasteiger partial charge in [-0.1, -0.05) is 166 Å². The first-order chi connectivity index (χ1) is 29.0. The molecule has 0 atom stereocenters. The van der Waals surface area contributed by atoms with E-state index in [0.29, 0.717) is 17.5 Å². The summed E-state index contributed by atoms with van der Waals surface area (Å²) in [6.45, 7) is 4.68. The second kappa shape index (κ2) is 12.7. The SMILES string of the molecule is CC1(C)c2ccccc2-c2c1ccc1c3ccccc3n(-c3ccc(-c4nc(-c5ccccc5)nc(-c5cccc(-c6ccccc6)c5)n4)c4c3oc3ccccc34)c21. The standard InChI is InChI=1S/C54H36N4O/c1-54(2)42-25-12-9-23-39(42)48-43(54)30-28-38-37-22-10-13-26-44(37)58(49(38)48)45-31-29-41(47-40-24-11-14-27-46(40)59-50(45)47)53-56-51(34-18-7-4-8-19-34)55-52(57-53)36-21-15-20-35(32-36)33-16-5-3-6-17-33/h3-32H,1-2H3. The van der Waals surface area contributed by atoms with E-state index in [-0.39, 0.29) is 5.41 Å². The van der Waals surface area contributed by atoms with Crippen molar-refractivity contribution in [1.82, 2.24) is 19.5 Å². The fourth-order valence-corrected chi connectivity index (χ4v) is 9.48. The van der Waals surface area contributed by atoms with Gasteiger partial charge in [0.15, 0.2) is 23.1 Å². The number of furan rings is 1. The van der Waals surface area contributed by atoms with Gasteiger partial charge in [0.05, 0.1) is 16.7 Å². The smallest absolute Gasteiger partial charge is 0.164 e. The fourth-order valence-electron chi connectivity index (χ4n) is 9.48. The van der Waals surface area contributed by atoms with Crippen molar-refractivity contribution in [3.05, 3.63) is 193 Å². The Kier molecular flexibility index (Phi) is 7.20. The molecule has 0 unspecified atom stereocenters. The number of hydrogen-bond acceptors (Lipinski definition) is 4. The summed E-state index contributed by atoms with van der Waals surface area (Å²) in [6.07, 6.45) is 0. The molecule has 11 aromatic rings. The van der Waals surface area contributed by atoms with Gasteiger partial charge in [-0.25, -0.2) is 15.0 Å². The second-order valence-electron chi connectivity index (χ2n) is 16.0. The highest BCUT2D eigenvalue weighted by Gasteiger charge is 2.38. The number of hydrogen-bond donors (Lipinski definition) is 0. The van der Waals surface area contributed by atoms with E-state index in [2.05, 4.69) is 170 Å². The Morgan fingerprint density at radius 1 is 0.458 bits per heavy atom. The van der Waals surface area contributed by atoms with Gasteiger partial charge in [-0.15, -0.1) is 0 Å². The van der Waals surface area contributed by atoms with Crippen molar-refractivity contribution in [3.8, 4) is 62.1 Å². The summed E-state index contributed by atoms with van der Waals surface area (Å²) in [5.41, 5.74) is 14.9. The van der Waals surface area contributed by atoms with Crippen molar-refractivity contribution >= 4 is 43.7 Å².